The maximum absolute atomic E-state index is 13.5. The molecular formula is C22H28Cl2FN3O. The van der Waals surface area contributed by atoms with E-state index in [1.54, 1.807) is 12.1 Å². The molecule has 0 bridgehead atoms. The van der Waals surface area contributed by atoms with Crippen molar-refractivity contribution in [2.45, 2.75) is 32.2 Å². The number of carbonyl (C=O) groups is 1. The highest BCUT2D eigenvalue weighted by Crippen LogP contribution is 2.33. The van der Waals surface area contributed by atoms with Crippen molar-refractivity contribution < 1.29 is 9.18 Å². The first-order valence-corrected chi connectivity index (χ1v) is 9.77. The number of benzene rings is 2. The Morgan fingerprint density at radius 2 is 1.90 bits per heavy atom. The highest BCUT2D eigenvalue weighted by molar-refractivity contribution is 5.97. The molecule has 4 nitrogen and oxygen atoms in total. The van der Waals surface area contributed by atoms with Gasteiger partial charge in [-0.3, -0.25) is 9.69 Å². The van der Waals surface area contributed by atoms with Crippen molar-refractivity contribution in [1.82, 2.24) is 4.90 Å². The quantitative estimate of drug-likeness (QED) is 0.718. The standard InChI is InChI=1S/C22H26FN3O.2ClH/c23-18-7-1-5-16(13-18)14-25-11-3-6-17(15-25)22(27)26-12-4-8-19-20(24)9-2-10-21(19)26;;/h1-2,5,7,9-10,13,17H,3-4,6,8,11-12,14-15,24H2;2*1H. The van der Waals surface area contributed by atoms with Crippen LogP contribution in [-0.2, 0) is 17.8 Å². The summed E-state index contributed by atoms with van der Waals surface area (Å²) in [6, 6.07) is 12.6. The van der Waals surface area contributed by atoms with Crippen LogP contribution in [0.2, 0.25) is 0 Å². The number of likely N-dealkylation sites (tertiary alicyclic amines) is 1. The van der Waals surface area contributed by atoms with Gasteiger partial charge in [-0.05, 0) is 67.6 Å². The predicted octanol–water partition coefficient (Wildman–Crippen LogP) is 4.44. The summed E-state index contributed by atoms with van der Waals surface area (Å²) in [6.07, 6.45) is 3.78. The lowest BCUT2D eigenvalue weighted by atomic mass is 9.93. The van der Waals surface area contributed by atoms with Crippen LogP contribution >= 0.6 is 24.8 Å². The Hall–Kier alpha value is -1.82. The molecule has 1 fully saturated rings. The summed E-state index contributed by atoms with van der Waals surface area (Å²) < 4.78 is 13.5. The van der Waals surface area contributed by atoms with Gasteiger partial charge >= 0.3 is 0 Å². The fourth-order valence-corrected chi connectivity index (χ4v) is 4.40. The molecule has 1 atom stereocenters. The van der Waals surface area contributed by atoms with Crippen LogP contribution in [0.4, 0.5) is 15.8 Å². The number of nitrogens with two attached hydrogens (primary N) is 1. The minimum absolute atomic E-state index is 0. The lowest BCUT2D eigenvalue weighted by molar-refractivity contribution is -0.124. The first kappa shape index (κ1) is 23.5. The van der Waals surface area contributed by atoms with Crippen LogP contribution < -0.4 is 10.6 Å². The van der Waals surface area contributed by atoms with Crippen molar-refractivity contribution in [3.05, 3.63) is 59.4 Å². The maximum Gasteiger partial charge on any atom is 0.231 e. The summed E-state index contributed by atoms with van der Waals surface area (Å²) in [5.74, 6) is -0.0233. The second-order valence-corrected chi connectivity index (χ2v) is 7.64. The number of carbonyl (C=O) groups excluding carboxylic acids is 1. The van der Waals surface area contributed by atoms with Gasteiger partial charge in [-0.15, -0.1) is 24.8 Å². The molecule has 0 spiro atoms. The van der Waals surface area contributed by atoms with Crippen LogP contribution in [0.15, 0.2) is 42.5 Å². The van der Waals surface area contributed by atoms with E-state index in [4.69, 9.17) is 5.73 Å². The highest BCUT2D eigenvalue weighted by atomic mass is 35.5. The van der Waals surface area contributed by atoms with E-state index in [9.17, 15) is 9.18 Å². The van der Waals surface area contributed by atoms with Crippen molar-refractivity contribution in [2.24, 2.45) is 5.92 Å². The normalized spacial score (nSPS) is 18.9. The van der Waals surface area contributed by atoms with Crippen molar-refractivity contribution in [2.75, 3.05) is 30.3 Å². The van der Waals surface area contributed by atoms with Crippen LogP contribution in [0.5, 0.6) is 0 Å². The summed E-state index contributed by atoms with van der Waals surface area (Å²) in [7, 11) is 0. The van der Waals surface area contributed by atoms with Crippen molar-refractivity contribution in [3.63, 3.8) is 0 Å². The molecule has 0 saturated carbocycles. The maximum atomic E-state index is 13.5. The fraction of sp³-hybridized carbons (Fsp3) is 0.409. The molecule has 1 amide bonds. The van der Waals surface area contributed by atoms with E-state index in [1.807, 2.05) is 29.2 Å². The zero-order valence-electron chi connectivity index (χ0n) is 16.4. The monoisotopic (exact) mass is 439 g/mol. The zero-order valence-corrected chi connectivity index (χ0v) is 18.0. The van der Waals surface area contributed by atoms with Crippen LogP contribution in [0.1, 0.15) is 30.4 Å². The second-order valence-electron chi connectivity index (χ2n) is 7.64. The van der Waals surface area contributed by atoms with Gasteiger partial charge in [0.15, 0.2) is 0 Å². The second kappa shape index (κ2) is 10.3. The Bertz CT molecular complexity index is 849. The number of anilines is 2. The van der Waals surface area contributed by atoms with Gasteiger partial charge in [0.05, 0.1) is 5.92 Å². The zero-order chi connectivity index (χ0) is 18.8. The summed E-state index contributed by atoms with van der Waals surface area (Å²) in [6.45, 7) is 3.12. The van der Waals surface area contributed by atoms with Gasteiger partial charge in [0.2, 0.25) is 5.91 Å². The molecule has 1 saturated heterocycles. The Labute approximate surface area is 184 Å². The molecule has 2 aromatic rings. The van der Waals surface area contributed by atoms with Gasteiger partial charge in [0.25, 0.3) is 0 Å². The summed E-state index contributed by atoms with van der Waals surface area (Å²) >= 11 is 0. The topological polar surface area (TPSA) is 49.6 Å². The summed E-state index contributed by atoms with van der Waals surface area (Å²) in [4.78, 5) is 17.5. The third-order valence-corrected chi connectivity index (χ3v) is 5.70. The average molecular weight is 440 g/mol. The fourth-order valence-electron chi connectivity index (χ4n) is 4.40. The van der Waals surface area contributed by atoms with E-state index in [2.05, 4.69) is 4.90 Å². The van der Waals surface area contributed by atoms with E-state index in [0.29, 0.717) is 6.54 Å². The molecular weight excluding hydrogens is 412 g/mol. The molecule has 4 rings (SSSR count). The number of nitrogens with zero attached hydrogens (tertiary/aromatic N) is 2. The Kier molecular flexibility index (Phi) is 8.32. The number of halogens is 3. The molecule has 2 aromatic carbocycles. The lowest BCUT2D eigenvalue weighted by Crippen LogP contribution is -2.46. The smallest absolute Gasteiger partial charge is 0.231 e. The van der Waals surface area contributed by atoms with Crippen molar-refractivity contribution in [3.8, 4) is 0 Å². The van der Waals surface area contributed by atoms with Gasteiger partial charge in [-0.25, -0.2) is 4.39 Å². The van der Waals surface area contributed by atoms with E-state index < -0.39 is 0 Å². The van der Waals surface area contributed by atoms with Gasteiger partial charge in [0, 0.05) is 31.0 Å². The Balaban J connectivity index is 0.00000150. The molecule has 158 valence electrons. The van der Waals surface area contributed by atoms with Crippen LogP contribution in [-0.4, -0.2) is 30.4 Å². The molecule has 0 aromatic heterocycles. The van der Waals surface area contributed by atoms with Gasteiger partial charge in [-0.2, -0.15) is 0 Å². The van der Waals surface area contributed by atoms with Crippen molar-refractivity contribution >= 4 is 42.1 Å². The molecule has 2 heterocycles. The molecule has 1 unspecified atom stereocenters. The van der Waals surface area contributed by atoms with Crippen LogP contribution in [0.3, 0.4) is 0 Å². The first-order valence-electron chi connectivity index (χ1n) is 9.77. The molecule has 2 N–H and O–H groups in total. The minimum Gasteiger partial charge on any atom is -0.398 e. The van der Waals surface area contributed by atoms with Crippen molar-refractivity contribution in [1.29, 1.82) is 0 Å². The molecule has 0 aliphatic carbocycles. The van der Waals surface area contributed by atoms with E-state index in [0.717, 1.165) is 67.8 Å². The summed E-state index contributed by atoms with van der Waals surface area (Å²) in [5.41, 5.74) is 9.94. The lowest BCUT2D eigenvalue weighted by Gasteiger charge is -2.37. The molecule has 29 heavy (non-hydrogen) atoms. The SMILES string of the molecule is Cl.Cl.Nc1cccc2c1CCCN2C(=O)C1CCCN(Cc2cccc(F)c2)C1. The predicted molar refractivity (Wildman–Crippen MR) is 120 cm³/mol. The summed E-state index contributed by atoms with van der Waals surface area (Å²) in [5, 5.41) is 0. The van der Waals surface area contributed by atoms with E-state index in [-0.39, 0.29) is 42.5 Å². The number of fused-ring (bicyclic) bond motifs is 1. The third-order valence-electron chi connectivity index (χ3n) is 5.70. The number of piperidine rings is 1. The minimum atomic E-state index is -0.209. The number of nitrogen functional groups attached to an aromatic ring is 1. The first-order chi connectivity index (χ1) is 13.1. The van der Waals surface area contributed by atoms with Gasteiger partial charge in [0.1, 0.15) is 5.82 Å². The Morgan fingerprint density at radius 3 is 2.69 bits per heavy atom. The van der Waals surface area contributed by atoms with Gasteiger partial charge in [-0.1, -0.05) is 18.2 Å². The highest BCUT2D eigenvalue weighted by Gasteiger charge is 2.32. The molecule has 0 radical (unpaired) electrons. The average Bonchev–Trinajstić information content (AvgIpc) is 2.68. The Morgan fingerprint density at radius 1 is 1.10 bits per heavy atom. The van der Waals surface area contributed by atoms with E-state index >= 15 is 0 Å². The number of hydrogen-bond acceptors (Lipinski definition) is 3. The third kappa shape index (κ3) is 5.21. The largest absolute Gasteiger partial charge is 0.398 e. The van der Waals surface area contributed by atoms with E-state index in [1.165, 1.54) is 6.07 Å². The molecule has 2 aliphatic rings. The molecule has 7 heteroatoms. The number of rotatable bonds is 3. The van der Waals surface area contributed by atoms with Crippen LogP contribution in [0, 0.1) is 11.7 Å². The number of amides is 1. The van der Waals surface area contributed by atoms with Gasteiger partial charge < -0.3 is 10.6 Å². The van der Waals surface area contributed by atoms with Crippen LogP contribution in [0.25, 0.3) is 0 Å². The molecule has 2 aliphatic heterocycles. The number of hydrogen-bond donors (Lipinski definition) is 1.